The fourth-order valence-electron chi connectivity index (χ4n) is 3.28. The summed E-state index contributed by atoms with van der Waals surface area (Å²) in [6.07, 6.45) is 3.54. The molecule has 1 aromatic rings. The summed E-state index contributed by atoms with van der Waals surface area (Å²) in [6.45, 7) is 7.08. The first kappa shape index (κ1) is 15.1. The summed E-state index contributed by atoms with van der Waals surface area (Å²) in [6, 6.07) is 2.31. The molecule has 1 aliphatic carbocycles. The SMILES string of the molecule is COc1nccc([C@]23CC2CCN(C(=O)OC(C)(C)C)C3)n1. The lowest BCUT2D eigenvalue weighted by molar-refractivity contribution is 0.0190. The minimum Gasteiger partial charge on any atom is -0.467 e. The van der Waals surface area contributed by atoms with E-state index in [1.165, 1.54) is 0 Å². The van der Waals surface area contributed by atoms with Crippen LogP contribution < -0.4 is 4.74 Å². The van der Waals surface area contributed by atoms with Crippen molar-refractivity contribution in [2.24, 2.45) is 5.92 Å². The molecule has 0 spiro atoms. The monoisotopic (exact) mass is 305 g/mol. The predicted octanol–water partition coefficient (Wildman–Crippen LogP) is 2.38. The van der Waals surface area contributed by atoms with E-state index in [9.17, 15) is 4.79 Å². The van der Waals surface area contributed by atoms with Crippen LogP contribution in [0, 0.1) is 5.92 Å². The maximum Gasteiger partial charge on any atom is 0.410 e. The highest BCUT2D eigenvalue weighted by molar-refractivity contribution is 5.69. The van der Waals surface area contributed by atoms with Crippen LogP contribution in [-0.2, 0) is 10.2 Å². The zero-order valence-electron chi connectivity index (χ0n) is 13.6. The molecular weight excluding hydrogens is 282 g/mol. The van der Waals surface area contributed by atoms with Gasteiger partial charge in [0.15, 0.2) is 0 Å². The van der Waals surface area contributed by atoms with E-state index in [1.54, 1.807) is 13.3 Å². The third-order valence-electron chi connectivity index (χ3n) is 4.43. The molecule has 120 valence electrons. The number of aromatic nitrogens is 2. The number of amides is 1. The van der Waals surface area contributed by atoms with Crippen molar-refractivity contribution in [2.75, 3.05) is 20.2 Å². The van der Waals surface area contributed by atoms with E-state index in [0.29, 0.717) is 18.5 Å². The van der Waals surface area contributed by atoms with Gasteiger partial charge in [-0.05, 0) is 45.6 Å². The molecule has 0 N–H and O–H groups in total. The zero-order valence-corrected chi connectivity index (χ0v) is 13.6. The highest BCUT2D eigenvalue weighted by atomic mass is 16.6. The summed E-state index contributed by atoms with van der Waals surface area (Å²) < 4.78 is 10.6. The second kappa shape index (κ2) is 5.11. The summed E-state index contributed by atoms with van der Waals surface area (Å²) in [4.78, 5) is 22.7. The lowest BCUT2D eigenvalue weighted by atomic mass is 9.93. The van der Waals surface area contributed by atoms with Crippen molar-refractivity contribution in [1.82, 2.24) is 14.9 Å². The van der Waals surface area contributed by atoms with Crippen LogP contribution in [0.15, 0.2) is 12.3 Å². The van der Waals surface area contributed by atoms with Gasteiger partial charge in [0.05, 0.1) is 12.8 Å². The number of piperidine rings is 1. The minimum atomic E-state index is -0.469. The van der Waals surface area contributed by atoms with E-state index in [4.69, 9.17) is 9.47 Å². The van der Waals surface area contributed by atoms with Crippen LogP contribution in [0.4, 0.5) is 4.79 Å². The largest absolute Gasteiger partial charge is 0.467 e. The molecule has 2 heterocycles. The number of ether oxygens (including phenoxy) is 2. The maximum absolute atomic E-state index is 12.3. The van der Waals surface area contributed by atoms with Gasteiger partial charge in [0.25, 0.3) is 0 Å². The number of nitrogens with zero attached hydrogens (tertiary/aromatic N) is 3. The van der Waals surface area contributed by atoms with E-state index in [-0.39, 0.29) is 11.5 Å². The first-order chi connectivity index (χ1) is 10.3. The molecule has 6 nitrogen and oxygen atoms in total. The smallest absolute Gasteiger partial charge is 0.410 e. The number of rotatable bonds is 2. The summed E-state index contributed by atoms with van der Waals surface area (Å²) >= 11 is 0. The Kier molecular flexibility index (Phi) is 3.50. The van der Waals surface area contributed by atoms with Gasteiger partial charge >= 0.3 is 12.1 Å². The lowest BCUT2D eigenvalue weighted by Crippen LogP contribution is -2.45. The van der Waals surface area contributed by atoms with Crippen molar-refractivity contribution >= 4 is 6.09 Å². The molecule has 0 radical (unpaired) electrons. The van der Waals surface area contributed by atoms with Gasteiger partial charge in [0.2, 0.25) is 0 Å². The molecular formula is C16H23N3O3. The molecule has 1 saturated carbocycles. The van der Waals surface area contributed by atoms with E-state index in [2.05, 4.69) is 9.97 Å². The molecule has 3 rings (SSSR count). The molecule has 0 bridgehead atoms. The average Bonchev–Trinajstić information content (AvgIpc) is 3.20. The Morgan fingerprint density at radius 1 is 1.45 bits per heavy atom. The molecule has 2 fully saturated rings. The third-order valence-corrected chi connectivity index (χ3v) is 4.43. The molecule has 1 aliphatic heterocycles. The van der Waals surface area contributed by atoms with Gasteiger partial charge < -0.3 is 14.4 Å². The van der Waals surface area contributed by atoms with Crippen LogP contribution >= 0.6 is 0 Å². The first-order valence-corrected chi connectivity index (χ1v) is 7.69. The van der Waals surface area contributed by atoms with Crippen LogP contribution in [0.25, 0.3) is 0 Å². The highest BCUT2D eigenvalue weighted by Crippen LogP contribution is 2.58. The van der Waals surface area contributed by atoms with Gasteiger partial charge in [-0.25, -0.2) is 9.78 Å². The summed E-state index contributed by atoms with van der Waals surface area (Å²) in [5, 5.41) is 0. The molecule has 1 saturated heterocycles. The standard InChI is InChI=1S/C16H23N3O3/c1-15(2,3)22-14(20)19-8-6-11-9-16(11,10-19)12-5-7-17-13(18-12)21-4/h5,7,11H,6,8-10H2,1-4H3/t11?,16-/m0/s1. The highest BCUT2D eigenvalue weighted by Gasteiger charge is 2.60. The molecule has 1 unspecified atom stereocenters. The van der Waals surface area contributed by atoms with Crippen molar-refractivity contribution in [3.05, 3.63) is 18.0 Å². The van der Waals surface area contributed by atoms with Crippen molar-refractivity contribution < 1.29 is 14.3 Å². The van der Waals surface area contributed by atoms with Gasteiger partial charge in [-0.3, -0.25) is 0 Å². The molecule has 22 heavy (non-hydrogen) atoms. The third kappa shape index (κ3) is 2.74. The van der Waals surface area contributed by atoms with Crippen LogP contribution in [0.1, 0.15) is 39.3 Å². The normalized spacial score (nSPS) is 27.1. The molecule has 1 aromatic heterocycles. The van der Waals surface area contributed by atoms with Crippen LogP contribution in [0.2, 0.25) is 0 Å². The number of likely N-dealkylation sites (tertiary alicyclic amines) is 1. The maximum atomic E-state index is 12.3. The Morgan fingerprint density at radius 2 is 2.23 bits per heavy atom. The number of carbonyl (C=O) groups is 1. The Bertz CT molecular complexity index is 584. The van der Waals surface area contributed by atoms with Gasteiger partial charge in [0.1, 0.15) is 5.60 Å². The van der Waals surface area contributed by atoms with E-state index >= 15 is 0 Å². The minimum absolute atomic E-state index is 0.0502. The van der Waals surface area contributed by atoms with Crippen LogP contribution in [-0.4, -0.2) is 46.8 Å². The van der Waals surface area contributed by atoms with Gasteiger partial charge in [0, 0.05) is 24.7 Å². The van der Waals surface area contributed by atoms with Crippen molar-refractivity contribution in [1.29, 1.82) is 0 Å². The Hall–Kier alpha value is -1.85. The molecule has 2 atom stereocenters. The molecule has 6 heteroatoms. The van der Waals surface area contributed by atoms with E-state index in [1.807, 2.05) is 31.7 Å². The molecule has 2 aliphatic rings. The molecule has 1 amide bonds. The van der Waals surface area contributed by atoms with Crippen LogP contribution in [0.3, 0.4) is 0 Å². The zero-order chi connectivity index (χ0) is 16.0. The van der Waals surface area contributed by atoms with Crippen molar-refractivity contribution in [2.45, 2.75) is 44.6 Å². The van der Waals surface area contributed by atoms with Gasteiger partial charge in [-0.1, -0.05) is 0 Å². The van der Waals surface area contributed by atoms with Crippen LogP contribution in [0.5, 0.6) is 6.01 Å². The first-order valence-electron chi connectivity index (χ1n) is 7.69. The van der Waals surface area contributed by atoms with E-state index in [0.717, 1.165) is 25.1 Å². The fraction of sp³-hybridized carbons (Fsp3) is 0.688. The van der Waals surface area contributed by atoms with Crippen molar-refractivity contribution in [3.63, 3.8) is 0 Å². The van der Waals surface area contributed by atoms with E-state index < -0.39 is 5.60 Å². The second-order valence-corrected chi connectivity index (χ2v) is 7.18. The average molecular weight is 305 g/mol. The Morgan fingerprint density at radius 3 is 2.91 bits per heavy atom. The molecule has 0 aromatic carbocycles. The lowest BCUT2D eigenvalue weighted by Gasteiger charge is -2.34. The Balaban J connectivity index is 1.77. The number of carbonyl (C=O) groups excluding carboxylic acids is 1. The van der Waals surface area contributed by atoms with Crippen molar-refractivity contribution in [3.8, 4) is 6.01 Å². The topological polar surface area (TPSA) is 64.5 Å². The summed E-state index contributed by atoms with van der Waals surface area (Å²) in [5.41, 5.74) is 0.450. The second-order valence-electron chi connectivity index (χ2n) is 7.18. The number of hydrogen-bond donors (Lipinski definition) is 0. The number of hydrogen-bond acceptors (Lipinski definition) is 5. The quantitative estimate of drug-likeness (QED) is 0.839. The number of fused-ring (bicyclic) bond motifs is 1. The Labute approximate surface area is 130 Å². The summed E-state index contributed by atoms with van der Waals surface area (Å²) in [7, 11) is 1.56. The number of methoxy groups -OCH3 is 1. The van der Waals surface area contributed by atoms with Gasteiger partial charge in [-0.2, -0.15) is 4.98 Å². The summed E-state index contributed by atoms with van der Waals surface area (Å²) in [5.74, 6) is 0.589. The van der Waals surface area contributed by atoms with Gasteiger partial charge in [-0.15, -0.1) is 0 Å². The fourth-order valence-corrected chi connectivity index (χ4v) is 3.28. The predicted molar refractivity (Wildman–Crippen MR) is 80.8 cm³/mol.